The number of carbonyl (C=O) groups is 1. The largest absolute Gasteiger partial charge is 0.335 e. The van der Waals surface area contributed by atoms with Gasteiger partial charge in [-0.1, -0.05) is 12.1 Å². The highest BCUT2D eigenvalue weighted by Crippen LogP contribution is 2.30. The molecule has 150 valence electrons. The first kappa shape index (κ1) is 20.2. The molecular formula is C19H28FN3O3S. The Morgan fingerprint density at radius 1 is 1.19 bits per heavy atom. The Hall–Kier alpha value is -1.51. The number of halogens is 1. The molecule has 0 N–H and O–H groups in total. The predicted octanol–water partition coefficient (Wildman–Crippen LogP) is 1.78. The van der Waals surface area contributed by atoms with E-state index in [9.17, 15) is 17.6 Å². The Morgan fingerprint density at radius 3 is 2.48 bits per heavy atom. The zero-order valence-corrected chi connectivity index (χ0v) is 17.2. The molecule has 8 heteroatoms. The predicted molar refractivity (Wildman–Crippen MR) is 103 cm³/mol. The van der Waals surface area contributed by atoms with E-state index in [1.807, 2.05) is 13.8 Å². The summed E-state index contributed by atoms with van der Waals surface area (Å²) in [5.41, 5.74) is -0.249. The Morgan fingerprint density at radius 2 is 1.85 bits per heavy atom. The van der Waals surface area contributed by atoms with Gasteiger partial charge in [-0.3, -0.25) is 9.69 Å². The number of fused-ring (bicyclic) bond motifs is 1. The highest BCUT2D eigenvalue weighted by Gasteiger charge is 2.46. The van der Waals surface area contributed by atoms with Gasteiger partial charge >= 0.3 is 0 Å². The summed E-state index contributed by atoms with van der Waals surface area (Å²) < 4.78 is 40.8. The first-order valence-electron chi connectivity index (χ1n) is 9.33. The first-order chi connectivity index (χ1) is 12.5. The van der Waals surface area contributed by atoms with Crippen LogP contribution < -0.4 is 0 Å². The SMILES string of the molecule is CC(C)S(=O)(=O)N1CCN2C(CN(C(=O)c3ccccc3F)CC2(C)C)C1. The number of amides is 1. The molecule has 3 rings (SSSR count). The summed E-state index contributed by atoms with van der Waals surface area (Å²) in [6.45, 7) is 9.77. The van der Waals surface area contributed by atoms with Crippen LogP contribution in [0.3, 0.4) is 0 Å². The molecule has 1 amide bonds. The molecule has 2 heterocycles. The van der Waals surface area contributed by atoms with E-state index in [4.69, 9.17) is 0 Å². The van der Waals surface area contributed by atoms with Crippen LogP contribution >= 0.6 is 0 Å². The lowest BCUT2D eigenvalue weighted by molar-refractivity contribution is -0.0424. The number of rotatable bonds is 3. The van der Waals surface area contributed by atoms with Gasteiger partial charge in [0.05, 0.1) is 10.8 Å². The summed E-state index contributed by atoms with van der Waals surface area (Å²) in [4.78, 5) is 16.8. The van der Waals surface area contributed by atoms with Crippen LogP contribution in [-0.4, -0.2) is 78.0 Å². The van der Waals surface area contributed by atoms with Crippen LogP contribution in [0.5, 0.6) is 0 Å². The summed E-state index contributed by atoms with van der Waals surface area (Å²) in [7, 11) is -3.34. The van der Waals surface area contributed by atoms with Crippen LogP contribution in [0.15, 0.2) is 24.3 Å². The van der Waals surface area contributed by atoms with Crippen molar-refractivity contribution < 1.29 is 17.6 Å². The van der Waals surface area contributed by atoms with Gasteiger partial charge in [-0.2, -0.15) is 4.31 Å². The van der Waals surface area contributed by atoms with Crippen LogP contribution in [-0.2, 0) is 10.0 Å². The number of piperazine rings is 2. The third kappa shape index (κ3) is 3.75. The van der Waals surface area contributed by atoms with Gasteiger partial charge in [-0.15, -0.1) is 0 Å². The van der Waals surface area contributed by atoms with Crippen LogP contribution in [0.2, 0.25) is 0 Å². The summed E-state index contributed by atoms with van der Waals surface area (Å²) >= 11 is 0. The second-order valence-corrected chi connectivity index (χ2v) is 10.8. The van der Waals surface area contributed by atoms with Gasteiger partial charge in [0, 0.05) is 44.3 Å². The van der Waals surface area contributed by atoms with Gasteiger partial charge in [-0.05, 0) is 39.8 Å². The van der Waals surface area contributed by atoms with E-state index in [0.29, 0.717) is 32.7 Å². The Kier molecular flexibility index (Phi) is 5.35. The van der Waals surface area contributed by atoms with E-state index < -0.39 is 21.1 Å². The van der Waals surface area contributed by atoms with Crippen molar-refractivity contribution in [3.63, 3.8) is 0 Å². The van der Waals surface area contributed by atoms with Crippen LogP contribution in [0.4, 0.5) is 4.39 Å². The summed E-state index contributed by atoms with van der Waals surface area (Å²) in [6, 6.07) is 5.88. The zero-order chi connectivity index (χ0) is 20.0. The molecule has 2 fully saturated rings. The summed E-state index contributed by atoms with van der Waals surface area (Å²) in [5, 5.41) is -0.475. The van der Waals surface area contributed by atoms with Crippen molar-refractivity contribution in [1.29, 1.82) is 0 Å². The second kappa shape index (κ2) is 7.14. The lowest BCUT2D eigenvalue weighted by Crippen LogP contribution is -2.70. The van der Waals surface area contributed by atoms with E-state index in [2.05, 4.69) is 4.90 Å². The number of sulfonamides is 1. The minimum atomic E-state index is -3.34. The average Bonchev–Trinajstić information content (AvgIpc) is 2.60. The number of carbonyl (C=O) groups excluding carboxylic acids is 1. The molecular weight excluding hydrogens is 369 g/mol. The minimum Gasteiger partial charge on any atom is -0.335 e. The summed E-state index contributed by atoms with van der Waals surface area (Å²) in [6.07, 6.45) is 0. The maximum atomic E-state index is 14.1. The molecule has 1 aromatic carbocycles. The van der Waals surface area contributed by atoms with Crippen molar-refractivity contribution in [1.82, 2.24) is 14.1 Å². The lowest BCUT2D eigenvalue weighted by Gasteiger charge is -2.55. The Balaban J connectivity index is 1.84. The highest BCUT2D eigenvalue weighted by molar-refractivity contribution is 7.89. The van der Waals surface area contributed by atoms with Crippen molar-refractivity contribution in [2.75, 3.05) is 32.7 Å². The number of nitrogens with zero attached hydrogens (tertiary/aromatic N) is 3. The third-order valence-corrected chi connectivity index (χ3v) is 7.82. The Labute approximate surface area is 161 Å². The van der Waals surface area contributed by atoms with Crippen molar-refractivity contribution in [3.8, 4) is 0 Å². The minimum absolute atomic E-state index is 0.0595. The van der Waals surface area contributed by atoms with Crippen molar-refractivity contribution >= 4 is 15.9 Å². The van der Waals surface area contributed by atoms with Gasteiger partial charge in [0.1, 0.15) is 5.82 Å². The number of hydrogen-bond acceptors (Lipinski definition) is 4. The molecule has 2 aliphatic heterocycles. The van der Waals surface area contributed by atoms with Gasteiger partial charge in [-0.25, -0.2) is 12.8 Å². The second-order valence-electron chi connectivity index (χ2n) is 8.28. The molecule has 0 saturated carbocycles. The lowest BCUT2D eigenvalue weighted by atomic mass is 9.92. The monoisotopic (exact) mass is 397 g/mol. The molecule has 0 aliphatic carbocycles. The molecule has 0 aromatic heterocycles. The first-order valence-corrected chi connectivity index (χ1v) is 10.8. The molecule has 6 nitrogen and oxygen atoms in total. The molecule has 0 spiro atoms. The quantitative estimate of drug-likeness (QED) is 0.780. The molecule has 1 aromatic rings. The molecule has 2 aliphatic rings. The fourth-order valence-corrected chi connectivity index (χ4v) is 5.46. The van der Waals surface area contributed by atoms with Crippen LogP contribution in [0.1, 0.15) is 38.1 Å². The number of hydrogen-bond donors (Lipinski definition) is 0. The standard InChI is InChI=1S/C19H28FN3O3S/c1-14(2)27(25,26)22-9-10-23-15(12-22)11-21(13-19(23,3)4)18(24)16-7-5-6-8-17(16)20/h5-8,14-15H,9-13H2,1-4H3. The maximum Gasteiger partial charge on any atom is 0.256 e. The molecule has 2 saturated heterocycles. The molecule has 1 atom stereocenters. The smallest absolute Gasteiger partial charge is 0.256 e. The summed E-state index contributed by atoms with van der Waals surface area (Å²) in [5.74, 6) is -0.875. The van der Waals surface area contributed by atoms with E-state index in [1.165, 1.54) is 16.4 Å². The van der Waals surface area contributed by atoms with Crippen molar-refractivity contribution in [2.45, 2.75) is 44.5 Å². The fourth-order valence-electron chi connectivity index (χ4n) is 4.15. The van der Waals surface area contributed by atoms with Gasteiger partial charge in [0.15, 0.2) is 0 Å². The molecule has 0 radical (unpaired) electrons. The van der Waals surface area contributed by atoms with Crippen molar-refractivity contribution in [3.05, 3.63) is 35.6 Å². The topological polar surface area (TPSA) is 60.9 Å². The molecule has 1 unspecified atom stereocenters. The Bertz CT molecular complexity index is 825. The molecule has 0 bridgehead atoms. The average molecular weight is 398 g/mol. The van der Waals surface area contributed by atoms with Gasteiger partial charge in [0.2, 0.25) is 10.0 Å². The highest BCUT2D eigenvalue weighted by atomic mass is 32.2. The zero-order valence-electron chi connectivity index (χ0n) is 16.4. The fraction of sp³-hybridized carbons (Fsp3) is 0.632. The third-order valence-electron chi connectivity index (χ3n) is 5.58. The van der Waals surface area contributed by atoms with Gasteiger partial charge < -0.3 is 4.90 Å². The number of benzene rings is 1. The van der Waals surface area contributed by atoms with Gasteiger partial charge in [0.25, 0.3) is 5.91 Å². The van der Waals surface area contributed by atoms with E-state index in [0.717, 1.165) is 0 Å². The van der Waals surface area contributed by atoms with Crippen LogP contribution in [0.25, 0.3) is 0 Å². The maximum absolute atomic E-state index is 14.1. The van der Waals surface area contributed by atoms with Crippen molar-refractivity contribution in [2.24, 2.45) is 0 Å². The molecule has 27 heavy (non-hydrogen) atoms. The van der Waals surface area contributed by atoms with E-state index in [-0.39, 0.29) is 23.1 Å². The van der Waals surface area contributed by atoms with E-state index in [1.54, 1.807) is 30.9 Å². The normalized spacial score (nSPS) is 24.1. The van der Waals surface area contributed by atoms with E-state index >= 15 is 0 Å². The van der Waals surface area contributed by atoms with Crippen LogP contribution in [0, 0.1) is 5.82 Å².